The zero-order chi connectivity index (χ0) is 29.8. The fraction of sp³-hybridized carbons (Fsp3) is 0.667. The van der Waals surface area contributed by atoms with Gasteiger partial charge in [0.1, 0.15) is 11.5 Å². The zero-order valence-electron chi connectivity index (χ0n) is 27.6. The molecule has 0 aliphatic heterocycles. The summed E-state index contributed by atoms with van der Waals surface area (Å²) in [6, 6.07) is 4.45. The number of hydrogen-bond donors (Lipinski definition) is 2. The molecule has 0 amide bonds. The molecule has 214 valence electrons. The number of phenols is 2. The standard InChI is InChI=1S/C36H58O2/c1-21(2)27-24(28(22(3)4)30(36(14,15)16)32(38)29(27)35(11,12)13)18-17-23-19-25(33(5,6)7)31(37)26(20-23)34(8,9)10/h19-22,37-38H,17-18H2,1-16H3. The van der Waals surface area contributed by atoms with Crippen molar-refractivity contribution in [2.75, 3.05) is 0 Å². The molecule has 0 fully saturated rings. The molecule has 2 rings (SSSR count). The van der Waals surface area contributed by atoms with Crippen LogP contribution in [0.1, 0.15) is 167 Å². The lowest BCUT2D eigenvalue weighted by Gasteiger charge is -2.37. The summed E-state index contributed by atoms with van der Waals surface area (Å²) in [6.07, 6.45) is 1.80. The van der Waals surface area contributed by atoms with Crippen molar-refractivity contribution in [2.45, 2.75) is 157 Å². The quantitative estimate of drug-likeness (QED) is 0.410. The van der Waals surface area contributed by atoms with Crippen molar-refractivity contribution in [1.29, 1.82) is 0 Å². The Bertz CT molecular complexity index is 1070. The first kappa shape index (κ1) is 32.3. The van der Waals surface area contributed by atoms with Crippen molar-refractivity contribution in [1.82, 2.24) is 0 Å². The monoisotopic (exact) mass is 522 g/mol. The van der Waals surface area contributed by atoms with E-state index in [-0.39, 0.29) is 21.7 Å². The zero-order valence-corrected chi connectivity index (χ0v) is 27.6. The Morgan fingerprint density at radius 1 is 0.526 bits per heavy atom. The second-order valence-corrected chi connectivity index (χ2v) is 16.3. The molecule has 2 nitrogen and oxygen atoms in total. The molecular formula is C36H58O2. The van der Waals surface area contributed by atoms with Gasteiger partial charge in [-0.25, -0.2) is 0 Å². The van der Waals surface area contributed by atoms with Crippen LogP contribution in [0.25, 0.3) is 0 Å². The van der Waals surface area contributed by atoms with Crippen LogP contribution in [0, 0.1) is 0 Å². The molecule has 2 heteroatoms. The normalized spacial score (nSPS) is 13.6. The maximum Gasteiger partial charge on any atom is 0.123 e. The summed E-state index contributed by atoms with van der Waals surface area (Å²) in [6.45, 7) is 35.5. The highest BCUT2D eigenvalue weighted by Crippen LogP contribution is 2.49. The Balaban J connectivity index is 2.93. The second kappa shape index (κ2) is 10.5. The first-order valence-electron chi connectivity index (χ1n) is 14.7. The largest absolute Gasteiger partial charge is 0.507 e. The van der Waals surface area contributed by atoms with Gasteiger partial charge in [-0.1, -0.05) is 123 Å². The highest BCUT2D eigenvalue weighted by molar-refractivity contribution is 5.62. The summed E-state index contributed by atoms with van der Waals surface area (Å²) in [5, 5.41) is 23.1. The van der Waals surface area contributed by atoms with E-state index in [0.29, 0.717) is 23.3 Å². The van der Waals surface area contributed by atoms with Crippen LogP contribution in [0.15, 0.2) is 12.1 Å². The minimum Gasteiger partial charge on any atom is -0.507 e. The molecule has 0 atom stereocenters. The maximum atomic E-state index is 11.9. The van der Waals surface area contributed by atoms with Crippen molar-refractivity contribution in [3.05, 3.63) is 56.6 Å². The van der Waals surface area contributed by atoms with E-state index in [9.17, 15) is 10.2 Å². The Morgan fingerprint density at radius 2 is 0.868 bits per heavy atom. The van der Waals surface area contributed by atoms with Crippen molar-refractivity contribution < 1.29 is 10.2 Å². The van der Waals surface area contributed by atoms with Gasteiger partial charge in [-0.05, 0) is 79.7 Å². The summed E-state index contributed by atoms with van der Waals surface area (Å²) in [7, 11) is 0. The van der Waals surface area contributed by atoms with E-state index in [1.54, 1.807) is 0 Å². The van der Waals surface area contributed by atoms with Crippen molar-refractivity contribution in [3.8, 4) is 11.5 Å². The number of aromatic hydroxyl groups is 2. The lowest BCUT2D eigenvalue weighted by atomic mass is 9.68. The van der Waals surface area contributed by atoms with Gasteiger partial charge in [-0.2, -0.15) is 0 Å². The molecule has 0 bridgehead atoms. The molecule has 0 saturated carbocycles. The molecule has 0 radical (unpaired) electrons. The molecule has 2 N–H and O–H groups in total. The number of phenolic OH excluding ortho intramolecular Hbond substituents is 2. The molecule has 2 aromatic rings. The molecule has 38 heavy (non-hydrogen) atoms. The van der Waals surface area contributed by atoms with Gasteiger partial charge in [0.15, 0.2) is 0 Å². The van der Waals surface area contributed by atoms with Gasteiger partial charge in [0, 0.05) is 11.1 Å². The lowest BCUT2D eigenvalue weighted by molar-refractivity contribution is 0.415. The fourth-order valence-electron chi connectivity index (χ4n) is 6.14. The fourth-order valence-corrected chi connectivity index (χ4v) is 6.14. The smallest absolute Gasteiger partial charge is 0.123 e. The third-order valence-electron chi connectivity index (χ3n) is 7.77. The Hall–Kier alpha value is -1.96. The van der Waals surface area contributed by atoms with Crippen molar-refractivity contribution >= 4 is 0 Å². The van der Waals surface area contributed by atoms with Crippen LogP contribution < -0.4 is 0 Å². The molecule has 0 saturated heterocycles. The summed E-state index contributed by atoms with van der Waals surface area (Å²) in [5.41, 5.74) is 8.91. The maximum absolute atomic E-state index is 11.9. The summed E-state index contributed by atoms with van der Waals surface area (Å²) >= 11 is 0. The number of hydrogen-bond acceptors (Lipinski definition) is 2. The van der Waals surface area contributed by atoms with Crippen LogP contribution in [0.4, 0.5) is 0 Å². The Morgan fingerprint density at radius 3 is 1.13 bits per heavy atom. The minimum absolute atomic E-state index is 0.149. The van der Waals surface area contributed by atoms with E-state index in [2.05, 4.69) is 123 Å². The van der Waals surface area contributed by atoms with E-state index in [1.807, 2.05) is 0 Å². The molecule has 2 aromatic carbocycles. The predicted molar refractivity (Wildman–Crippen MR) is 167 cm³/mol. The van der Waals surface area contributed by atoms with E-state index in [0.717, 1.165) is 35.1 Å². The van der Waals surface area contributed by atoms with Crippen molar-refractivity contribution in [3.63, 3.8) is 0 Å². The molecule has 0 aliphatic carbocycles. The highest BCUT2D eigenvalue weighted by Gasteiger charge is 2.35. The summed E-state index contributed by atoms with van der Waals surface area (Å²) < 4.78 is 0. The number of aryl methyl sites for hydroxylation is 1. The minimum atomic E-state index is -0.175. The van der Waals surface area contributed by atoms with Gasteiger partial charge in [-0.3, -0.25) is 0 Å². The van der Waals surface area contributed by atoms with Crippen LogP contribution in [-0.2, 0) is 34.5 Å². The van der Waals surface area contributed by atoms with E-state index < -0.39 is 0 Å². The molecule has 0 aliphatic rings. The Labute approximate surface area is 235 Å². The SMILES string of the molecule is CC(C)c1c(CCc2cc(C(C)(C)C)c(O)c(C(C)(C)C)c2)c(C(C)C)c(C(C)(C)C)c(O)c1C(C)(C)C. The average molecular weight is 523 g/mol. The van der Waals surface area contributed by atoms with Gasteiger partial charge in [-0.15, -0.1) is 0 Å². The molecule has 0 aromatic heterocycles. The summed E-state index contributed by atoms with van der Waals surface area (Å²) in [5.74, 6) is 1.53. The second-order valence-electron chi connectivity index (χ2n) is 16.3. The highest BCUT2D eigenvalue weighted by atomic mass is 16.3. The van der Waals surface area contributed by atoms with E-state index >= 15 is 0 Å². The molecule has 0 unspecified atom stereocenters. The van der Waals surface area contributed by atoms with Gasteiger partial charge in [0.05, 0.1) is 0 Å². The van der Waals surface area contributed by atoms with Crippen LogP contribution in [0.5, 0.6) is 11.5 Å². The van der Waals surface area contributed by atoms with Gasteiger partial charge < -0.3 is 10.2 Å². The third kappa shape index (κ3) is 6.60. The molecule has 0 spiro atoms. The number of rotatable bonds is 5. The van der Waals surface area contributed by atoms with Crippen LogP contribution >= 0.6 is 0 Å². The van der Waals surface area contributed by atoms with Gasteiger partial charge in [0.25, 0.3) is 0 Å². The van der Waals surface area contributed by atoms with Gasteiger partial charge >= 0.3 is 0 Å². The number of benzene rings is 2. The molecular weight excluding hydrogens is 464 g/mol. The van der Waals surface area contributed by atoms with Crippen molar-refractivity contribution in [2.24, 2.45) is 0 Å². The predicted octanol–water partition coefficient (Wildman–Crippen LogP) is 10.3. The van der Waals surface area contributed by atoms with E-state index in [1.165, 1.54) is 22.3 Å². The van der Waals surface area contributed by atoms with Crippen LogP contribution in [0.3, 0.4) is 0 Å². The molecule has 0 heterocycles. The summed E-state index contributed by atoms with van der Waals surface area (Å²) in [4.78, 5) is 0. The first-order chi connectivity index (χ1) is 16.9. The Kier molecular flexibility index (Phi) is 8.95. The average Bonchev–Trinajstić information content (AvgIpc) is 2.68. The van der Waals surface area contributed by atoms with Gasteiger partial charge in [0.2, 0.25) is 0 Å². The lowest BCUT2D eigenvalue weighted by Crippen LogP contribution is -2.25. The first-order valence-corrected chi connectivity index (χ1v) is 14.7. The topological polar surface area (TPSA) is 40.5 Å². The van der Waals surface area contributed by atoms with E-state index in [4.69, 9.17) is 0 Å². The van der Waals surface area contributed by atoms with Crippen LogP contribution in [0.2, 0.25) is 0 Å². The third-order valence-corrected chi connectivity index (χ3v) is 7.77. The van der Waals surface area contributed by atoms with Crippen LogP contribution in [-0.4, -0.2) is 10.2 Å².